The lowest BCUT2D eigenvalue weighted by molar-refractivity contribution is 0.459. The molecule has 0 aliphatic heterocycles. The van der Waals surface area contributed by atoms with Crippen molar-refractivity contribution in [2.45, 2.75) is 25.3 Å². The number of rotatable bonds is 2. The summed E-state index contributed by atoms with van der Waals surface area (Å²) in [7, 11) is 0. The van der Waals surface area contributed by atoms with E-state index in [0.717, 1.165) is 36.7 Å². The van der Waals surface area contributed by atoms with E-state index >= 15 is 0 Å². The molecule has 1 aromatic carbocycles. The zero-order valence-electron chi connectivity index (χ0n) is 9.75. The SMILES string of the molecule is Fc1cccc(NC2CCCc3occc32)c1F. The minimum absolute atomic E-state index is 0.0104. The molecule has 0 bridgehead atoms. The van der Waals surface area contributed by atoms with Crippen LogP contribution in [0.5, 0.6) is 0 Å². The van der Waals surface area contributed by atoms with Gasteiger partial charge in [0.1, 0.15) is 5.76 Å². The number of anilines is 1. The summed E-state index contributed by atoms with van der Waals surface area (Å²) >= 11 is 0. The van der Waals surface area contributed by atoms with Crippen LogP contribution in [0.15, 0.2) is 34.9 Å². The second kappa shape index (κ2) is 4.44. The van der Waals surface area contributed by atoms with Crippen LogP contribution < -0.4 is 5.32 Å². The summed E-state index contributed by atoms with van der Waals surface area (Å²) in [4.78, 5) is 0. The lowest BCUT2D eigenvalue weighted by Crippen LogP contribution is -2.16. The molecule has 1 atom stereocenters. The molecule has 4 heteroatoms. The van der Waals surface area contributed by atoms with Gasteiger partial charge in [0, 0.05) is 12.0 Å². The predicted molar refractivity (Wildman–Crippen MR) is 64.4 cm³/mol. The van der Waals surface area contributed by atoms with Crippen LogP contribution in [-0.4, -0.2) is 0 Å². The van der Waals surface area contributed by atoms with E-state index < -0.39 is 11.6 Å². The Balaban J connectivity index is 1.88. The van der Waals surface area contributed by atoms with Crippen molar-refractivity contribution in [3.63, 3.8) is 0 Å². The molecule has 3 rings (SSSR count). The third-order valence-corrected chi connectivity index (χ3v) is 3.33. The van der Waals surface area contributed by atoms with E-state index in [2.05, 4.69) is 5.32 Å². The fraction of sp³-hybridized carbons (Fsp3) is 0.286. The van der Waals surface area contributed by atoms with Gasteiger partial charge in [-0.15, -0.1) is 0 Å². The van der Waals surface area contributed by atoms with Gasteiger partial charge in [0.05, 0.1) is 18.0 Å². The van der Waals surface area contributed by atoms with Crippen molar-refractivity contribution in [1.82, 2.24) is 0 Å². The Bertz CT molecular complexity index is 565. The van der Waals surface area contributed by atoms with Crippen LogP contribution in [-0.2, 0) is 6.42 Å². The highest BCUT2D eigenvalue weighted by Crippen LogP contribution is 2.33. The van der Waals surface area contributed by atoms with Crippen molar-refractivity contribution >= 4 is 5.69 Å². The normalized spacial score (nSPS) is 18.4. The molecule has 2 aromatic rings. The number of fused-ring (bicyclic) bond motifs is 1. The summed E-state index contributed by atoms with van der Waals surface area (Å²) < 4.78 is 32.1. The molecule has 0 amide bonds. The summed E-state index contributed by atoms with van der Waals surface area (Å²) in [6, 6.07) is 6.05. The van der Waals surface area contributed by atoms with Gasteiger partial charge in [-0.2, -0.15) is 0 Å². The van der Waals surface area contributed by atoms with E-state index in [1.165, 1.54) is 6.07 Å². The third-order valence-electron chi connectivity index (χ3n) is 3.33. The molecule has 0 saturated heterocycles. The van der Waals surface area contributed by atoms with Crippen molar-refractivity contribution in [3.05, 3.63) is 53.5 Å². The largest absolute Gasteiger partial charge is 0.469 e. The molecule has 1 heterocycles. The molecule has 0 spiro atoms. The van der Waals surface area contributed by atoms with Crippen LogP contribution in [0, 0.1) is 11.6 Å². The Hall–Kier alpha value is -1.84. The van der Waals surface area contributed by atoms with Crippen molar-refractivity contribution in [1.29, 1.82) is 0 Å². The molecule has 1 aromatic heterocycles. The number of halogens is 2. The average molecular weight is 249 g/mol. The summed E-state index contributed by atoms with van der Waals surface area (Å²) in [5.74, 6) is -0.716. The van der Waals surface area contributed by atoms with E-state index in [0.29, 0.717) is 0 Å². The molecule has 0 saturated carbocycles. The van der Waals surface area contributed by atoms with Crippen LogP contribution in [0.2, 0.25) is 0 Å². The molecule has 0 fully saturated rings. The summed E-state index contributed by atoms with van der Waals surface area (Å²) in [6.45, 7) is 0. The number of aryl methyl sites for hydroxylation is 1. The van der Waals surface area contributed by atoms with Crippen LogP contribution in [0.1, 0.15) is 30.2 Å². The zero-order valence-corrected chi connectivity index (χ0v) is 9.75. The molecular weight excluding hydrogens is 236 g/mol. The Kier molecular flexibility index (Phi) is 2.78. The Morgan fingerprint density at radius 2 is 2.11 bits per heavy atom. The molecule has 1 N–H and O–H groups in total. The van der Waals surface area contributed by atoms with Gasteiger partial charge in [0.25, 0.3) is 0 Å². The van der Waals surface area contributed by atoms with Crippen molar-refractivity contribution in [2.24, 2.45) is 0 Å². The monoisotopic (exact) mass is 249 g/mol. The average Bonchev–Trinajstić information content (AvgIpc) is 2.84. The van der Waals surface area contributed by atoms with Gasteiger partial charge in [0.2, 0.25) is 0 Å². The van der Waals surface area contributed by atoms with E-state index in [4.69, 9.17) is 4.42 Å². The van der Waals surface area contributed by atoms with E-state index in [1.54, 1.807) is 12.3 Å². The van der Waals surface area contributed by atoms with Gasteiger partial charge in [0.15, 0.2) is 11.6 Å². The second-order valence-electron chi connectivity index (χ2n) is 4.49. The molecular formula is C14H13F2NO. The first-order valence-corrected chi connectivity index (χ1v) is 6.02. The highest BCUT2D eigenvalue weighted by molar-refractivity contribution is 5.48. The maximum atomic E-state index is 13.6. The van der Waals surface area contributed by atoms with Crippen molar-refractivity contribution in [3.8, 4) is 0 Å². The highest BCUT2D eigenvalue weighted by atomic mass is 19.2. The van der Waals surface area contributed by atoms with Crippen LogP contribution in [0.4, 0.5) is 14.5 Å². The maximum absolute atomic E-state index is 13.6. The first-order valence-electron chi connectivity index (χ1n) is 6.02. The minimum Gasteiger partial charge on any atom is -0.469 e. The number of hydrogen-bond acceptors (Lipinski definition) is 2. The molecule has 0 radical (unpaired) electrons. The molecule has 2 nitrogen and oxygen atoms in total. The van der Waals surface area contributed by atoms with Gasteiger partial charge >= 0.3 is 0 Å². The molecule has 1 aliphatic rings. The predicted octanol–water partition coefficient (Wildman–Crippen LogP) is 4.05. The summed E-state index contributed by atoms with van der Waals surface area (Å²) in [6.07, 6.45) is 4.43. The number of benzene rings is 1. The lowest BCUT2D eigenvalue weighted by Gasteiger charge is -2.24. The van der Waals surface area contributed by atoms with Crippen LogP contribution in [0.25, 0.3) is 0 Å². The topological polar surface area (TPSA) is 25.2 Å². The minimum atomic E-state index is -0.830. The van der Waals surface area contributed by atoms with Gasteiger partial charge in [-0.25, -0.2) is 8.78 Å². The zero-order chi connectivity index (χ0) is 12.5. The van der Waals surface area contributed by atoms with Gasteiger partial charge < -0.3 is 9.73 Å². The fourth-order valence-electron chi connectivity index (χ4n) is 2.44. The molecule has 18 heavy (non-hydrogen) atoms. The van der Waals surface area contributed by atoms with Crippen molar-refractivity contribution in [2.75, 3.05) is 5.32 Å². The van der Waals surface area contributed by atoms with E-state index in [9.17, 15) is 8.78 Å². The molecule has 1 unspecified atom stereocenters. The van der Waals surface area contributed by atoms with Gasteiger partial charge in [-0.1, -0.05) is 6.07 Å². The van der Waals surface area contributed by atoms with E-state index in [1.807, 2.05) is 6.07 Å². The summed E-state index contributed by atoms with van der Waals surface area (Å²) in [5, 5.41) is 3.06. The number of nitrogens with one attached hydrogen (secondary N) is 1. The quantitative estimate of drug-likeness (QED) is 0.868. The lowest BCUT2D eigenvalue weighted by atomic mass is 9.93. The highest BCUT2D eigenvalue weighted by Gasteiger charge is 2.23. The molecule has 94 valence electrons. The third kappa shape index (κ3) is 1.88. The smallest absolute Gasteiger partial charge is 0.181 e. The Labute approximate surface area is 104 Å². The Morgan fingerprint density at radius 3 is 3.00 bits per heavy atom. The second-order valence-corrected chi connectivity index (χ2v) is 4.49. The Morgan fingerprint density at radius 1 is 1.22 bits per heavy atom. The number of hydrogen-bond donors (Lipinski definition) is 1. The van der Waals surface area contributed by atoms with Crippen LogP contribution >= 0.6 is 0 Å². The van der Waals surface area contributed by atoms with Gasteiger partial charge in [-0.05, 0) is 31.0 Å². The molecule has 1 aliphatic carbocycles. The van der Waals surface area contributed by atoms with E-state index in [-0.39, 0.29) is 11.7 Å². The number of furan rings is 1. The van der Waals surface area contributed by atoms with Crippen molar-refractivity contribution < 1.29 is 13.2 Å². The standard InChI is InChI=1S/C14H13F2NO/c15-10-3-1-5-12(14(10)16)17-11-4-2-6-13-9(11)7-8-18-13/h1,3,5,7-8,11,17H,2,4,6H2. The fourth-order valence-corrected chi connectivity index (χ4v) is 2.44. The van der Waals surface area contributed by atoms with Crippen LogP contribution in [0.3, 0.4) is 0 Å². The van der Waals surface area contributed by atoms with Gasteiger partial charge in [-0.3, -0.25) is 0 Å². The summed E-state index contributed by atoms with van der Waals surface area (Å²) in [5.41, 5.74) is 1.25. The first-order chi connectivity index (χ1) is 8.75. The maximum Gasteiger partial charge on any atom is 0.181 e. The first kappa shape index (κ1) is 11.3.